The predicted molar refractivity (Wildman–Crippen MR) is 94.5 cm³/mol. The zero-order valence-corrected chi connectivity index (χ0v) is 14.1. The number of nitrogens with zero attached hydrogens (tertiary/aromatic N) is 1. The fourth-order valence-corrected chi connectivity index (χ4v) is 3.61. The number of aliphatic carboxylic acids is 1. The van der Waals surface area contributed by atoms with E-state index in [1.54, 1.807) is 0 Å². The molecule has 0 bridgehead atoms. The number of aromatic nitrogens is 1. The van der Waals surface area contributed by atoms with Crippen LogP contribution in [0.25, 0.3) is 10.9 Å². The van der Waals surface area contributed by atoms with Gasteiger partial charge in [-0.1, -0.05) is 18.2 Å². The summed E-state index contributed by atoms with van der Waals surface area (Å²) < 4.78 is 0. The van der Waals surface area contributed by atoms with E-state index in [-0.39, 0.29) is 24.5 Å². The number of fused-ring (bicyclic) bond motifs is 1. The van der Waals surface area contributed by atoms with E-state index < -0.39 is 5.97 Å². The Morgan fingerprint density at radius 1 is 1.24 bits per heavy atom. The lowest BCUT2D eigenvalue weighted by atomic mass is 9.85. The van der Waals surface area contributed by atoms with Gasteiger partial charge in [0.1, 0.15) is 5.69 Å². The summed E-state index contributed by atoms with van der Waals surface area (Å²) in [4.78, 5) is 28.7. The number of hydrogen-bond donors (Lipinski definition) is 3. The molecule has 0 radical (unpaired) electrons. The van der Waals surface area contributed by atoms with E-state index in [0.717, 1.165) is 30.3 Å². The molecule has 0 saturated heterocycles. The lowest BCUT2D eigenvalue weighted by molar-refractivity contribution is -0.139. The van der Waals surface area contributed by atoms with Crippen LogP contribution in [0.3, 0.4) is 0 Å². The van der Waals surface area contributed by atoms with Crippen molar-refractivity contribution in [3.8, 4) is 0 Å². The third-order valence-corrected chi connectivity index (χ3v) is 5.27. The number of nitrogens with one attached hydrogen (secondary N) is 2. The number of benzene rings is 1. The van der Waals surface area contributed by atoms with Gasteiger partial charge in [-0.25, -0.2) is 0 Å². The highest BCUT2D eigenvalue weighted by molar-refractivity contribution is 5.98. The molecule has 0 spiro atoms. The van der Waals surface area contributed by atoms with Crippen molar-refractivity contribution < 1.29 is 14.7 Å². The normalized spacial score (nSPS) is 22.8. The summed E-state index contributed by atoms with van der Waals surface area (Å²) in [6.45, 7) is 0.976. The third-order valence-electron chi connectivity index (χ3n) is 5.27. The summed E-state index contributed by atoms with van der Waals surface area (Å²) in [6, 6.07) is 10.1. The van der Waals surface area contributed by atoms with Gasteiger partial charge < -0.3 is 15.4 Å². The largest absolute Gasteiger partial charge is 0.480 e. The van der Waals surface area contributed by atoms with Crippen LogP contribution in [0, 0.1) is 5.92 Å². The quantitative estimate of drug-likeness (QED) is 0.721. The van der Waals surface area contributed by atoms with Crippen LogP contribution in [0.2, 0.25) is 0 Å². The zero-order chi connectivity index (χ0) is 17.4. The van der Waals surface area contributed by atoms with Gasteiger partial charge in [0.25, 0.3) is 5.91 Å². The van der Waals surface area contributed by atoms with Crippen LogP contribution in [0.4, 0.5) is 0 Å². The van der Waals surface area contributed by atoms with Crippen molar-refractivity contribution in [3.63, 3.8) is 0 Å². The number of carbonyl (C=O) groups is 2. The molecule has 3 N–H and O–H groups in total. The Balaban J connectivity index is 1.32. The maximum absolute atomic E-state index is 12.4. The van der Waals surface area contributed by atoms with Crippen LogP contribution < -0.4 is 5.32 Å². The minimum Gasteiger partial charge on any atom is -0.480 e. The molecule has 25 heavy (non-hydrogen) atoms. The molecule has 2 fully saturated rings. The maximum Gasteiger partial charge on any atom is 0.317 e. The first-order chi connectivity index (χ1) is 12.1. The van der Waals surface area contributed by atoms with Gasteiger partial charge in [-0.05, 0) is 43.7 Å². The molecule has 1 amide bonds. The molecular weight excluding hydrogens is 318 g/mol. The molecule has 0 unspecified atom stereocenters. The number of hydrogen-bond acceptors (Lipinski definition) is 3. The zero-order valence-electron chi connectivity index (χ0n) is 14.1. The van der Waals surface area contributed by atoms with Crippen LogP contribution in [-0.2, 0) is 4.79 Å². The number of carboxylic acids is 1. The monoisotopic (exact) mass is 341 g/mol. The Hall–Kier alpha value is -2.34. The van der Waals surface area contributed by atoms with E-state index in [9.17, 15) is 9.59 Å². The summed E-state index contributed by atoms with van der Waals surface area (Å²) in [5.74, 6) is -0.197. The highest BCUT2D eigenvalue weighted by atomic mass is 16.4. The van der Waals surface area contributed by atoms with E-state index >= 15 is 0 Å². The second-order valence-electron chi connectivity index (χ2n) is 7.33. The number of H-pyrrole nitrogens is 1. The standard InChI is InChI=1S/C19H23N3O3/c23-18(24)11-22(10-12-5-6-12)15-8-14(9-15)20-19(25)17-7-13-3-1-2-4-16(13)21-17/h1-4,7,12,14-15,21H,5-6,8-11H2,(H,20,25)(H,23,24). The van der Waals surface area contributed by atoms with Gasteiger partial charge in [-0.2, -0.15) is 0 Å². The molecular formula is C19H23N3O3. The van der Waals surface area contributed by atoms with E-state index in [1.165, 1.54) is 12.8 Å². The molecule has 4 rings (SSSR count). The van der Waals surface area contributed by atoms with E-state index in [1.807, 2.05) is 30.3 Å². The molecule has 1 heterocycles. The molecule has 1 aromatic heterocycles. The van der Waals surface area contributed by atoms with Crippen molar-refractivity contribution in [2.75, 3.05) is 13.1 Å². The topological polar surface area (TPSA) is 85.4 Å². The Kier molecular flexibility index (Phi) is 4.21. The Labute approximate surface area is 146 Å². The van der Waals surface area contributed by atoms with Crippen LogP contribution in [-0.4, -0.2) is 52.0 Å². The molecule has 1 aromatic carbocycles. The van der Waals surface area contributed by atoms with Crippen molar-refractivity contribution in [2.24, 2.45) is 5.92 Å². The van der Waals surface area contributed by atoms with Crippen molar-refractivity contribution in [1.29, 1.82) is 0 Å². The predicted octanol–water partition coefficient (Wildman–Crippen LogP) is 2.23. The summed E-state index contributed by atoms with van der Waals surface area (Å²) in [5.41, 5.74) is 1.53. The van der Waals surface area contributed by atoms with Gasteiger partial charge in [0.2, 0.25) is 0 Å². The van der Waals surface area contributed by atoms with Crippen LogP contribution in [0.5, 0.6) is 0 Å². The molecule has 2 aliphatic carbocycles. The van der Waals surface area contributed by atoms with E-state index in [0.29, 0.717) is 11.6 Å². The minimum atomic E-state index is -0.772. The van der Waals surface area contributed by atoms with Gasteiger partial charge >= 0.3 is 5.97 Å². The Morgan fingerprint density at radius 2 is 2.00 bits per heavy atom. The summed E-state index contributed by atoms with van der Waals surface area (Å²) >= 11 is 0. The number of para-hydroxylation sites is 1. The number of aromatic amines is 1. The minimum absolute atomic E-state index is 0.0911. The Bertz CT molecular complexity index is 757. The third kappa shape index (κ3) is 3.69. The number of rotatable bonds is 7. The maximum atomic E-state index is 12.4. The van der Waals surface area contributed by atoms with Crippen molar-refractivity contribution >= 4 is 22.8 Å². The molecule has 6 nitrogen and oxygen atoms in total. The van der Waals surface area contributed by atoms with Crippen molar-refractivity contribution in [1.82, 2.24) is 15.2 Å². The van der Waals surface area contributed by atoms with Gasteiger partial charge in [0.05, 0.1) is 6.54 Å². The number of amides is 1. The SMILES string of the molecule is O=C(O)CN(CC1CC1)C1CC(NC(=O)c2cc3ccccc3[nH]2)C1. The lowest BCUT2D eigenvalue weighted by Crippen LogP contribution is -2.55. The van der Waals surface area contributed by atoms with Crippen LogP contribution in [0.15, 0.2) is 30.3 Å². The van der Waals surface area contributed by atoms with Crippen molar-refractivity contribution in [3.05, 3.63) is 36.0 Å². The van der Waals surface area contributed by atoms with Gasteiger partial charge in [0.15, 0.2) is 0 Å². The Morgan fingerprint density at radius 3 is 2.68 bits per heavy atom. The first-order valence-electron chi connectivity index (χ1n) is 8.93. The smallest absolute Gasteiger partial charge is 0.317 e. The number of carbonyl (C=O) groups excluding carboxylic acids is 1. The molecule has 6 heteroatoms. The molecule has 0 aliphatic heterocycles. The highest BCUT2D eigenvalue weighted by Crippen LogP contribution is 2.33. The molecule has 2 aliphatic rings. The fraction of sp³-hybridized carbons (Fsp3) is 0.474. The second-order valence-corrected chi connectivity index (χ2v) is 7.33. The van der Waals surface area contributed by atoms with Gasteiger partial charge in [0, 0.05) is 29.5 Å². The first-order valence-corrected chi connectivity index (χ1v) is 8.93. The highest BCUT2D eigenvalue weighted by Gasteiger charge is 2.37. The fourth-order valence-electron chi connectivity index (χ4n) is 3.61. The average molecular weight is 341 g/mol. The van der Waals surface area contributed by atoms with Gasteiger partial charge in [-0.15, -0.1) is 0 Å². The van der Waals surface area contributed by atoms with Crippen molar-refractivity contribution in [2.45, 2.75) is 37.8 Å². The first kappa shape index (κ1) is 16.1. The van der Waals surface area contributed by atoms with Crippen LogP contribution >= 0.6 is 0 Å². The average Bonchev–Trinajstić information content (AvgIpc) is 3.23. The van der Waals surface area contributed by atoms with E-state index in [2.05, 4.69) is 15.2 Å². The summed E-state index contributed by atoms with van der Waals surface area (Å²) in [6.07, 6.45) is 4.07. The van der Waals surface area contributed by atoms with Gasteiger partial charge in [-0.3, -0.25) is 14.5 Å². The summed E-state index contributed by atoms with van der Waals surface area (Å²) in [5, 5.41) is 13.2. The molecule has 2 saturated carbocycles. The summed E-state index contributed by atoms with van der Waals surface area (Å²) in [7, 11) is 0. The second kappa shape index (κ2) is 6.52. The molecule has 2 aromatic rings. The lowest BCUT2D eigenvalue weighted by Gasteiger charge is -2.42. The van der Waals surface area contributed by atoms with E-state index in [4.69, 9.17) is 5.11 Å². The number of carboxylic acid groups (broad SMARTS) is 1. The molecule has 132 valence electrons. The van der Waals surface area contributed by atoms with Crippen LogP contribution in [0.1, 0.15) is 36.2 Å². The molecule has 0 atom stereocenters.